The third-order valence-corrected chi connectivity index (χ3v) is 2.99. The van der Waals surface area contributed by atoms with E-state index in [0.717, 1.165) is 30.5 Å². The molecule has 1 saturated carbocycles. The first-order valence-electron chi connectivity index (χ1n) is 4.79. The summed E-state index contributed by atoms with van der Waals surface area (Å²) in [5.41, 5.74) is 2.01. The molecule has 1 heterocycles. The van der Waals surface area contributed by atoms with E-state index in [4.69, 9.17) is 4.74 Å². The van der Waals surface area contributed by atoms with E-state index in [2.05, 4.69) is 0 Å². The summed E-state index contributed by atoms with van der Waals surface area (Å²) in [6, 6.07) is 3.28. The number of benzene rings is 1. The van der Waals surface area contributed by atoms with Crippen molar-refractivity contribution in [2.75, 3.05) is 0 Å². The van der Waals surface area contributed by atoms with Crippen molar-refractivity contribution < 1.29 is 9.13 Å². The summed E-state index contributed by atoms with van der Waals surface area (Å²) in [7, 11) is 0.765. The molecular formula is C10H10BFO. The number of hydrogen-bond acceptors (Lipinski definition) is 1. The van der Waals surface area contributed by atoms with E-state index in [9.17, 15) is 4.39 Å². The van der Waals surface area contributed by atoms with Crippen molar-refractivity contribution in [3.63, 3.8) is 0 Å². The van der Waals surface area contributed by atoms with Crippen molar-refractivity contribution in [3.8, 4) is 5.75 Å². The van der Waals surface area contributed by atoms with Gasteiger partial charge < -0.3 is 4.74 Å². The van der Waals surface area contributed by atoms with E-state index in [1.807, 2.05) is 6.82 Å². The maximum Gasteiger partial charge on any atom is 0.159 e. The smallest absolute Gasteiger partial charge is 0.159 e. The fraction of sp³-hybridized carbons (Fsp3) is 0.400. The van der Waals surface area contributed by atoms with Crippen molar-refractivity contribution in [1.29, 1.82) is 0 Å². The Bertz CT molecular complexity index is 377. The normalized spacial score (nSPS) is 27.5. The molecule has 0 spiro atoms. The van der Waals surface area contributed by atoms with Crippen LogP contribution in [0, 0.1) is 5.82 Å². The van der Waals surface area contributed by atoms with Gasteiger partial charge in [0.25, 0.3) is 0 Å². The SMILES string of the molecule is CBc1c(F)ccc2c1C1CC1O2. The molecule has 1 aromatic carbocycles. The van der Waals surface area contributed by atoms with Gasteiger partial charge in [-0.05, 0) is 29.6 Å². The number of fused-ring (bicyclic) bond motifs is 3. The van der Waals surface area contributed by atoms with Crippen molar-refractivity contribution in [3.05, 3.63) is 23.5 Å². The highest BCUT2D eigenvalue weighted by atomic mass is 19.1. The molecule has 0 bridgehead atoms. The van der Waals surface area contributed by atoms with Crippen LogP contribution in [0.3, 0.4) is 0 Å². The number of hydrogen-bond donors (Lipinski definition) is 0. The van der Waals surface area contributed by atoms with Gasteiger partial charge in [-0.3, -0.25) is 0 Å². The van der Waals surface area contributed by atoms with E-state index >= 15 is 0 Å². The molecule has 66 valence electrons. The highest BCUT2D eigenvalue weighted by molar-refractivity contribution is 6.53. The molecule has 2 aliphatic rings. The predicted octanol–water partition coefficient (Wildman–Crippen LogP) is 1.18. The van der Waals surface area contributed by atoms with E-state index in [-0.39, 0.29) is 5.82 Å². The molecule has 0 amide bonds. The number of ether oxygens (including phenoxy) is 1. The van der Waals surface area contributed by atoms with Gasteiger partial charge in [0.1, 0.15) is 17.7 Å². The van der Waals surface area contributed by atoms with Crippen molar-refractivity contribution in [2.45, 2.75) is 25.3 Å². The Hall–Kier alpha value is -0.985. The molecule has 3 rings (SSSR count). The highest BCUT2D eigenvalue weighted by Gasteiger charge is 2.49. The number of rotatable bonds is 1. The second-order valence-electron chi connectivity index (χ2n) is 3.79. The third kappa shape index (κ3) is 0.873. The molecule has 0 saturated heterocycles. The maximum atomic E-state index is 13.4. The molecule has 3 heteroatoms. The van der Waals surface area contributed by atoms with Crippen LogP contribution >= 0.6 is 0 Å². The van der Waals surface area contributed by atoms with Gasteiger partial charge in [0.2, 0.25) is 0 Å². The Kier molecular flexibility index (Phi) is 1.30. The van der Waals surface area contributed by atoms with Gasteiger partial charge in [0.05, 0.1) is 0 Å². The molecule has 0 N–H and O–H groups in total. The van der Waals surface area contributed by atoms with Crippen LogP contribution in [-0.2, 0) is 0 Å². The van der Waals surface area contributed by atoms with Crippen LogP contribution in [0.4, 0.5) is 4.39 Å². The lowest BCUT2D eigenvalue weighted by molar-refractivity contribution is 0.318. The van der Waals surface area contributed by atoms with Crippen LogP contribution in [0.15, 0.2) is 12.1 Å². The highest BCUT2D eigenvalue weighted by Crippen LogP contribution is 2.52. The lowest BCUT2D eigenvalue weighted by Crippen LogP contribution is -2.20. The van der Waals surface area contributed by atoms with Gasteiger partial charge in [0, 0.05) is 5.92 Å². The average molecular weight is 176 g/mol. The first-order chi connectivity index (χ1) is 6.31. The Labute approximate surface area is 77.1 Å². The summed E-state index contributed by atoms with van der Waals surface area (Å²) < 4.78 is 19.0. The van der Waals surface area contributed by atoms with Crippen LogP contribution in [0.2, 0.25) is 6.82 Å². The Morgan fingerprint density at radius 1 is 1.54 bits per heavy atom. The molecule has 1 aromatic rings. The first-order valence-corrected chi connectivity index (χ1v) is 4.79. The molecule has 1 nitrogen and oxygen atoms in total. The zero-order chi connectivity index (χ0) is 9.00. The second-order valence-corrected chi connectivity index (χ2v) is 3.79. The van der Waals surface area contributed by atoms with E-state index < -0.39 is 0 Å². The minimum atomic E-state index is -0.0719. The second kappa shape index (κ2) is 2.28. The fourth-order valence-electron chi connectivity index (χ4n) is 2.25. The molecule has 1 aliphatic heterocycles. The summed E-state index contributed by atoms with van der Waals surface area (Å²) in [4.78, 5) is 0. The standard InChI is InChI=1S/C10H10BFO/c1-11-10-6(12)2-3-7-9(10)5-4-8(5)13-7/h2-3,5,8,11H,4H2,1H3. The van der Waals surface area contributed by atoms with E-state index in [1.165, 1.54) is 6.07 Å². The Morgan fingerprint density at radius 2 is 2.38 bits per heavy atom. The lowest BCUT2D eigenvalue weighted by atomic mass is 9.69. The van der Waals surface area contributed by atoms with Gasteiger partial charge in [-0.25, -0.2) is 4.39 Å². The topological polar surface area (TPSA) is 9.23 Å². The minimum Gasteiger partial charge on any atom is -0.489 e. The van der Waals surface area contributed by atoms with Crippen LogP contribution in [-0.4, -0.2) is 13.4 Å². The lowest BCUT2D eigenvalue weighted by Gasteiger charge is -2.08. The van der Waals surface area contributed by atoms with Crippen LogP contribution < -0.4 is 10.2 Å². The minimum absolute atomic E-state index is 0.0719. The first kappa shape index (κ1) is 7.42. The molecule has 1 aliphatic carbocycles. The van der Waals surface area contributed by atoms with Crippen molar-refractivity contribution in [1.82, 2.24) is 0 Å². The summed E-state index contributed by atoms with van der Waals surface area (Å²) in [6.07, 6.45) is 1.45. The molecule has 0 radical (unpaired) electrons. The van der Waals surface area contributed by atoms with E-state index in [1.54, 1.807) is 6.07 Å². The van der Waals surface area contributed by atoms with Gasteiger partial charge >= 0.3 is 0 Å². The molecule has 0 aromatic heterocycles. The summed E-state index contributed by atoms with van der Waals surface area (Å²) in [5.74, 6) is 1.34. The van der Waals surface area contributed by atoms with Gasteiger partial charge in [0.15, 0.2) is 7.28 Å². The van der Waals surface area contributed by atoms with Crippen LogP contribution in [0.25, 0.3) is 0 Å². The predicted molar refractivity (Wildman–Crippen MR) is 50.8 cm³/mol. The number of halogens is 1. The van der Waals surface area contributed by atoms with Crippen molar-refractivity contribution in [2.24, 2.45) is 0 Å². The molecule has 2 unspecified atom stereocenters. The molecule has 1 fully saturated rings. The van der Waals surface area contributed by atoms with Crippen molar-refractivity contribution >= 4 is 12.7 Å². The quantitative estimate of drug-likeness (QED) is 0.584. The maximum absolute atomic E-state index is 13.4. The molecule has 2 atom stereocenters. The monoisotopic (exact) mass is 176 g/mol. The summed E-state index contributed by atoms with van der Waals surface area (Å²) >= 11 is 0. The van der Waals surface area contributed by atoms with Gasteiger partial charge in [-0.2, -0.15) is 0 Å². The zero-order valence-corrected chi connectivity index (χ0v) is 7.51. The summed E-state index contributed by atoms with van der Waals surface area (Å²) in [5, 5.41) is 0. The summed E-state index contributed by atoms with van der Waals surface area (Å²) in [6.45, 7) is 1.99. The zero-order valence-electron chi connectivity index (χ0n) is 7.51. The van der Waals surface area contributed by atoms with Gasteiger partial charge in [-0.15, -0.1) is 0 Å². The van der Waals surface area contributed by atoms with E-state index in [0.29, 0.717) is 12.0 Å². The molecular weight excluding hydrogens is 166 g/mol. The van der Waals surface area contributed by atoms with Crippen LogP contribution in [0.1, 0.15) is 17.9 Å². The van der Waals surface area contributed by atoms with Gasteiger partial charge in [-0.1, -0.05) is 6.82 Å². The van der Waals surface area contributed by atoms with Crippen LogP contribution in [0.5, 0.6) is 5.75 Å². The Morgan fingerprint density at radius 3 is 3.15 bits per heavy atom. The largest absolute Gasteiger partial charge is 0.489 e. The Balaban J connectivity index is 2.21. The molecule has 13 heavy (non-hydrogen) atoms. The third-order valence-electron chi connectivity index (χ3n) is 2.99. The average Bonchev–Trinajstić information content (AvgIpc) is 2.80. The fourth-order valence-corrected chi connectivity index (χ4v) is 2.25.